The average molecular weight is 274 g/mol. The minimum Gasteiger partial charge on any atom is -0.481 e. The molecule has 0 spiro atoms. The summed E-state index contributed by atoms with van der Waals surface area (Å²) in [4.78, 5) is 21.2. The first-order valence-electron chi connectivity index (χ1n) is 5.04. The predicted molar refractivity (Wildman–Crippen MR) is 59.7 cm³/mol. The van der Waals surface area contributed by atoms with Gasteiger partial charge in [-0.3, -0.25) is 4.79 Å². The second kappa shape index (κ2) is 5.55. The Balaban J connectivity index is 3.16. The fourth-order valence-electron chi connectivity index (χ4n) is 1.35. The summed E-state index contributed by atoms with van der Waals surface area (Å²) in [7, 11) is 0. The van der Waals surface area contributed by atoms with Crippen molar-refractivity contribution in [3.8, 4) is 0 Å². The van der Waals surface area contributed by atoms with Crippen molar-refractivity contribution in [2.75, 3.05) is 0 Å². The van der Waals surface area contributed by atoms with Gasteiger partial charge in [0.15, 0.2) is 0 Å². The van der Waals surface area contributed by atoms with E-state index in [4.69, 9.17) is 10.2 Å². The second-order valence-corrected chi connectivity index (χ2v) is 3.61. The number of carboxylic acid groups (broad SMARTS) is 2. The van der Waals surface area contributed by atoms with Crippen LogP contribution in [-0.2, 0) is 11.0 Å². The van der Waals surface area contributed by atoms with Crippen molar-refractivity contribution >= 4 is 18.0 Å². The number of carbonyl (C=O) groups is 2. The topological polar surface area (TPSA) is 74.6 Å². The van der Waals surface area contributed by atoms with E-state index in [1.165, 1.54) is 0 Å². The molecule has 0 saturated heterocycles. The zero-order valence-corrected chi connectivity index (χ0v) is 9.44. The third-order valence-electron chi connectivity index (χ3n) is 2.20. The van der Waals surface area contributed by atoms with E-state index in [-0.39, 0.29) is 12.0 Å². The van der Waals surface area contributed by atoms with Crippen LogP contribution >= 0.6 is 0 Å². The maximum atomic E-state index is 12.4. The van der Waals surface area contributed by atoms with E-state index in [1.807, 2.05) is 0 Å². The van der Waals surface area contributed by atoms with Gasteiger partial charge in [-0.05, 0) is 17.7 Å². The summed E-state index contributed by atoms with van der Waals surface area (Å²) < 4.78 is 37.3. The summed E-state index contributed by atoms with van der Waals surface area (Å²) in [6.45, 7) is 0. The van der Waals surface area contributed by atoms with Crippen LogP contribution in [0.15, 0.2) is 24.3 Å². The van der Waals surface area contributed by atoms with Crippen LogP contribution in [-0.4, -0.2) is 22.2 Å². The molecule has 102 valence electrons. The fourth-order valence-corrected chi connectivity index (χ4v) is 1.35. The quantitative estimate of drug-likeness (QED) is 0.885. The smallest absolute Gasteiger partial charge is 0.416 e. The monoisotopic (exact) mass is 274 g/mol. The summed E-state index contributed by atoms with van der Waals surface area (Å²) in [6, 6.07) is 2.25. The van der Waals surface area contributed by atoms with Crippen molar-refractivity contribution in [2.45, 2.75) is 12.6 Å². The molecule has 0 amide bonds. The Morgan fingerprint density at radius 2 is 1.84 bits per heavy atom. The lowest BCUT2D eigenvalue weighted by atomic mass is 10.0. The van der Waals surface area contributed by atoms with Crippen LogP contribution in [0.4, 0.5) is 13.2 Å². The Morgan fingerprint density at radius 1 is 1.21 bits per heavy atom. The fraction of sp³-hybridized carbons (Fsp3) is 0.167. The van der Waals surface area contributed by atoms with Crippen LogP contribution in [0.1, 0.15) is 27.9 Å². The highest BCUT2D eigenvalue weighted by Gasteiger charge is 2.31. The molecule has 0 aliphatic carbocycles. The Morgan fingerprint density at radius 3 is 2.32 bits per heavy atom. The number of aliphatic carboxylic acids is 1. The van der Waals surface area contributed by atoms with Gasteiger partial charge in [-0.25, -0.2) is 4.79 Å². The number of rotatable bonds is 4. The lowest BCUT2D eigenvalue weighted by Crippen LogP contribution is -2.08. The zero-order valence-electron chi connectivity index (χ0n) is 9.44. The molecule has 0 aromatic heterocycles. The molecule has 0 bridgehead atoms. The molecule has 0 unspecified atom stereocenters. The molecule has 0 aliphatic heterocycles. The Hall–Kier alpha value is -2.31. The third-order valence-corrected chi connectivity index (χ3v) is 2.20. The molecule has 0 atom stereocenters. The van der Waals surface area contributed by atoms with Gasteiger partial charge >= 0.3 is 18.1 Å². The molecule has 4 nitrogen and oxygen atoms in total. The summed E-state index contributed by atoms with van der Waals surface area (Å²) in [5, 5.41) is 17.3. The molecule has 7 heteroatoms. The molecule has 1 aromatic rings. The number of hydrogen-bond donors (Lipinski definition) is 2. The maximum absolute atomic E-state index is 12.4. The van der Waals surface area contributed by atoms with Gasteiger partial charge in [0, 0.05) is 0 Å². The Labute approximate surface area is 105 Å². The molecule has 0 saturated carbocycles. The van der Waals surface area contributed by atoms with Gasteiger partial charge in [0.25, 0.3) is 0 Å². The van der Waals surface area contributed by atoms with E-state index in [0.29, 0.717) is 6.07 Å². The Kier molecular flexibility index (Phi) is 4.31. The van der Waals surface area contributed by atoms with Crippen LogP contribution in [0.2, 0.25) is 0 Å². The molecule has 2 N–H and O–H groups in total. The molecule has 19 heavy (non-hydrogen) atoms. The minimum absolute atomic E-state index is 0.0155. The first-order chi connectivity index (χ1) is 8.71. The molecule has 1 rings (SSSR count). The lowest BCUT2D eigenvalue weighted by molar-refractivity contribution is -0.138. The van der Waals surface area contributed by atoms with Crippen molar-refractivity contribution in [1.82, 2.24) is 0 Å². The van der Waals surface area contributed by atoms with Gasteiger partial charge in [0.1, 0.15) is 0 Å². The molecule has 0 heterocycles. The highest BCUT2D eigenvalue weighted by atomic mass is 19.4. The number of aromatic carboxylic acids is 1. The Bertz CT molecular complexity index is 532. The number of hydrogen-bond acceptors (Lipinski definition) is 2. The van der Waals surface area contributed by atoms with Crippen LogP contribution in [0.3, 0.4) is 0 Å². The molecule has 1 aromatic carbocycles. The highest BCUT2D eigenvalue weighted by Crippen LogP contribution is 2.30. The van der Waals surface area contributed by atoms with Gasteiger partial charge in [-0.2, -0.15) is 13.2 Å². The summed E-state index contributed by atoms with van der Waals surface area (Å²) in [6.07, 6.45) is -2.65. The van der Waals surface area contributed by atoms with Gasteiger partial charge in [0.05, 0.1) is 17.5 Å². The first-order valence-corrected chi connectivity index (χ1v) is 5.04. The van der Waals surface area contributed by atoms with Crippen LogP contribution in [0.25, 0.3) is 6.08 Å². The minimum atomic E-state index is -4.63. The largest absolute Gasteiger partial charge is 0.481 e. The van der Waals surface area contributed by atoms with E-state index in [1.54, 1.807) is 0 Å². The summed E-state index contributed by atoms with van der Waals surface area (Å²) in [5.41, 5.74) is -1.58. The molecule has 0 fully saturated rings. The molecular weight excluding hydrogens is 265 g/mol. The second-order valence-electron chi connectivity index (χ2n) is 3.61. The van der Waals surface area contributed by atoms with Crippen LogP contribution in [0.5, 0.6) is 0 Å². The lowest BCUT2D eigenvalue weighted by Gasteiger charge is -2.09. The van der Waals surface area contributed by atoms with Gasteiger partial charge in [0.2, 0.25) is 0 Å². The number of carboxylic acids is 2. The summed E-state index contributed by atoms with van der Waals surface area (Å²) >= 11 is 0. The number of benzene rings is 1. The van der Waals surface area contributed by atoms with E-state index in [2.05, 4.69) is 0 Å². The SMILES string of the molecule is O=C(O)CC=Cc1ccc(C(F)(F)F)cc1C(=O)O. The van der Waals surface area contributed by atoms with E-state index in [0.717, 1.165) is 24.3 Å². The van der Waals surface area contributed by atoms with Crippen LogP contribution < -0.4 is 0 Å². The van der Waals surface area contributed by atoms with Crippen molar-refractivity contribution in [1.29, 1.82) is 0 Å². The van der Waals surface area contributed by atoms with Gasteiger partial charge in [-0.15, -0.1) is 0 Å². The average Bonchev–Trinajstić information content (AvgIpc) is 2.27. The first kappa shape index (κ1) is 14.7. The normalized spacial score (nSPS) is 11.7. The van der Waals surface area contributed by atoms with Crippen molar-refractivity contribution in [3.05, 3.63) is 41.0 Å². The molecule has 0 radical (unpaired) electrons. The third kappa shape index (κ3) is 4.13. The van der Waals surface area contributed by atoms with E-state index < -0.39 is 29.2 Å². The van der Waals surface area contributed by atoms with Gasteiger partial charge < -0.3 is 10.2 Å². The molecular formula is C12H9F3O4. The van der Waals surface area contributed by atoms with E-state index in [9.17, 15) is 22.8 Å². The molecule has 0 aliphatic rings. The van der Waals surface area contributed by atoms with Crippen molar-refractivity contribution < 1.29 is 33.0 Å². The van der Waals surface area contributed by atoms with Crippen LogP contribution in [0, 0.1) is 0 Å². The van der Waals surface area contributed by atoms with Crippen molar-refractivity contribution in [2.24, 2.45) is 0 Å². The standard InChI is InChI=1S/C12H9F3O4/c13-12(14,15)8-5-4-7(2-1-3-10(16)17)9(6-8)11(18)19/h1-2,4-6H,3H2,(H,16,17)(H,18,19). The maximum Gasteiger partial charge on any atom is 0.416 e. The zero-order chi connectivity index (χ0) is 14.6. The number of halogens is 3. The predicted octanol–water partition coefficient (Wildman–Crippen LogP) is 2.89. The summed E-state index contributed by atoms with van der Waals surface area (Å²) in [5.74, 6) is -2.64. The number of alkyl halides is 3. The highest BCUT2D eigenvalue weighted by molar-refractivity contribution is 5.92. The van der Waals surface area contributed by atoms with E-state index >= 15 is 0 Å². The van der Waals surface area contributed by atoms with Gasteiger partial charge in [-0.1, -0.05) is 18.2 Å². The van der Waals surface area contributed by atoms with Crippen molar-refractivity contribution in [3.63, 3.8) is 0 Å².